The first-order valence-electron chi connectivity index (χ1n) is 13.4. The van der Waals surface area contributed by atoms with Gasteiger partial charge in [-0.3, -0.25) is 9.59 Å². The van der Waals surface area contributed by atoms with E-state index in [1.165, 1.54) is 0 Å². The molecule has 2 rings (SSSR count). The van der Waals surface area contributed by atoms with Crippen LogP contribution < -0.4 is 10.6 Å². The number of hydrogen-bond acceptors (Lipinski definition) is 7. The number of carbonyl (C=O) groups is 4. The van der Waals surface area contributed by atoms with Crippen LogP contribution in [0.2, 0.25) is 0 Å². The van der Waals surface area contributed by atoms with Crippen molar-refractivity contribution in [2.75, 3.05) is 13.1 Å². The van der Waals surface area contributed by atoms with E-state index in [9.17, 15) is 24.4 Å². The van der Waals surface area contributed by atoms with Gasteiger partial charge in [-0.2, -0.15) is 5.26 Å². The number of carbonyl (C=O) groups excluding carboxylic acids is 4. The van der Waals surface area contributed by atoms with Gasteiger partial charge in [0.15, 0.2) is 0 Å². The lowest BCUT2D eigenvalue weighted by Crippen LogP contribution is -2.52. The largest absolute Gasteiger partial charge is 0.458 e. The van der Waals surface area contributed by atoms with Gasteiger partial charge in [0.05, 0.1) is 6.07 Å². The Balaban J connectivity index is 2.43. The number of esters is 1. The molecule has 0 radical (unpaired) electrons. The minimum Gasteiger partial charge on any atom is -0.458 e. The molecule has 2 unspecified atom stereocenters. The highest BCUT2D eigenvalue weighted by Crippen LogP contribution is 2.23. The molecule has 0 bridgehead atoms. The van der Waals surface area contributed by atoms with Gasteiger partial charge in [0.25, 0.3) is 0 Å². The van der Waals surface area contributed by atoms with Crippen molar-refractivity contribution in [3.05, 3.63) is 71.3 Å². The topological polar surface area (TPSA) is 138 Å². The Kier molecular flexibility index (Phi) is 11.4. The summed E-state index contributed by atoms with van der Waals surface area (Å²) in [5.74, 6) is -2.00. The van der Waals surface area contributed by atoms with Crippen molar-refractivity contribution in [1.29, 1.82) is 5.26 Å². The van der Waals surface area contributed by atoms with Crippen LogP contribution >= 0.6 is 0 Å². The van der Waals surface area contributed by atoms with Crippen molar-refractivity contribution in [3.63, 3.8) is 0 Å². The number of benzene rings is 2. The molecule has 220 valence electrons. The van der Waals surface area contributed by atoms with Gasteiger partial charge in [0.2, 0.25) is 11.8 Å². The van der Waals surface area contributed by atoms with Crippen LogP contribution in [0.4, 0.5) is 4.79 Å². The number of nitriles is 1. The maximum atomic E-state index is 13.9. The molecule has 0 aliphatic rings. The standard InChI is InChI=1S/C31H40N4O6/c1-21-12-11-15-23(18-21)26(35(17-16-32)25(36)20-33-29(39)41-31(5,6)7)27(37)34-24(28(38)40-30(2,3)4)19-22-13-9-8-10-14-22/h8-15,18,24,26H,17,19-20H2,1-7H3,(H,33,39)(H,34,37). The van der Waals surface area contributed by atoms with E-state index in [-0.39, 0.29) is 6.42 Å². The predicted molar refractivity (Wildman–Crippen MR) is 153 cm³/mol. The summed E-state index contributed by atoms with van der Waals surface area (Å²) in [6, 6.07) is 15.7. The average molecular weight is 565 g/mol. The third-order valence-corrected chi connectivity index (χ3v) is 5.55. The van der Waals surface area contributed by atoms with Gasteiger partial charge in [-0.1, -0.05) is 60.2 Å². The molecular weight excluding hydrogens is 524 g/mol. The first kappa shape index (κ1) is 32.8. The molecule has 10 nitrogen and oxygen atoms in total. The molecule has 0 saturated heterocycles. The quantitative estimate of drug-likeness (QED) is 0.329. The Morgan fingerprint density at radius 2 is 1.56 bits per heavy atom. The molecule has 41 heavy (non-hydrogen) atoms. The van der Waals surface area contributed by atoms with Gasteiger partial charge >= 0.3 is 12.1 Å². The van der Waals surface area contributed by atoms with E-state index < -0.39 is 60.3 Å². The van der Waals surface area contributed by atoms with Crippen LogP contribution in [0.15, 0.2) is 54.6 Å². The fraction of sp³-hybridized carbons (Fsp3) is 0.452. The van der Waals surface area contributed by atoms with Crippen LogP contribution in [0.1, 0.15) is 64.3 Å². The summed E-state index contributed by atoms with van der Waals surface area (Å²) in [4.78, 5) is 53.7. The highest BCUT2D eigenvalue weighted by molar-refractivity contribution is 5.93. The Morgan fingerprint density at radius 1 is 0.927 bits per heavy atom. The number of amides is 3. The number of nitrogens with one attached hydrogen (secondary N) is 2. The van der Waals surface area contributed by atoms with Crippen LogP contribution in [-0.2, 0) is 30.3 Å². The first-order valence-corrected chi connectivity index (χ1v) is 13.4. The number of aryl methyl sites for hydroxylation is 1. The zero-order valence-electron chi connectivity index (χ0n) is 24.8. The average Bonchev–Trinajstić information content (AvgIpc) is 2.85. The molecule has 2 atom stereocenters. The minimum absolute atomic E-state index is 0.147. The second-order valence-corrected chi connectivity index (χ2v) is 11.6. The van der Waals surface area contributed by atoms with Crippen molar-refractivity contribution in [3.8, 4) is 6.07 Å². The SMILES string of the molecule is Cc1cccc(C(C(=O)NC(Cc2ccccc2)C(=O)OC(C)(C)C)N(CC#N)C(=O)CNC(=O)OC(C)(C)C)c1. The van der Waals surface area contributed by atoms with Crippen LogP contribution in [0.25, 0.3) is 0 Å². The Bertz CT molecular complexity index is 1260. The fourth-order valence-corrected chi connectivity index (χ4v) is 3.94. The Labute approximate surface area is 242 Å². The smallest absolute Gasteiger partial charge is 0.408 e. The third kappa shape index (κ3) is 11.3. The lowest BCUT2D eigenvalue weighted by Gasteiger charge is -2.31. The number of hydrogen-bond donors (Lipinski definition) is 2. The maximum absolute atomic E-state index is 13.9. The van der Waals surface area contributed by atoms with Crippen LogP contribution in [0.5, 0.6) is 0 Å². The van der Waals surface area contributed by atoms with Crippen molar-refractivity contribution in [2.24, 2.45) is 0 Å². The van der Waals surface area contributed by atoms with E-state index in [1.807, 2.05) is 49.4 Å². The normalized spacial score (nSPS) is 12.7. The molecule has 3 amide bonds. The summed E-state index contributed by atoms with van der Waals surface area (Å²) in [7, 11) is 0. The van der Waals surface area contributed by atoms with Crippen LogP contribution in [0.3, 0.4) is 0 Å². The highest BCUT2D eigenvalue weighted by atomic mass is 16.6. The summed E-state index contributed by atoms with van der Waals surface area (Å²) < 4.78 is 10.8. The highest BCUT2D eigenvalue weighted by Gasteiger charge is 2.35. The zero-order chi connectivity index (χ0) is 30.8. The van der Waals surface area contributed by atoms with E-state index in [4.69, 9.17) is 9.47 Å². The third-order valence-electron chi connectivity index (χ3n) is 5.55. The van der Waals surface area contributed by atoms with E-state index in [0.29, 0.717) is 5.56 Å². The van der Waals surface area contributed by atoms with Gasteiger partial charge in [0.1, 0.15) is 36.4 Å². The summed E-state index contributed by atoms with van der Waals surface area (Å²) in [6.07, 6.45) is -0.666. The summed E-state index contributed by atoms with van der Waals surface area (Å²) in [5.41, 5.74) is 0.472. The Morgan fingerprint density at radius 3 is 2.12 bits per heavy atom. The molecule has 0 fully saturated rings. The van der Waals surface area contributed by atoms with E-state index in [2.05, 4.69) is 10.6 Å². The predicted octanol–water partition coefficient (Wildman–Crippen LogP) is 3.98. The summed E-state index contributed by atoms with van der Waals surface area (Å²) in [5, 5.41) is 14.7. The fourth-order valence-electron chi connectivity index (χ4n) is 3.94. The molecule has 0 saturated carbocycles. The van der Waals surface area contributed by atoms with Gasteiger partial charge in [0, 0.05) is 6.42 Å². The van der Waals surface area contributed by atoms with Gasteiger partial charge in [-0.15, -0.1) is 0 Å². The molecule has 0 aromatic heterocycles. The first-order chi connectivity index (χ1) is 19.1. The number of nitrogens with zero attached hydrogens (tertiary/aromatic N) is 2. The number of rotatable bonds is 10. The molecule has 10 heteroatoms. The van der Waals surface area contributed by atoms with E-state index in [1.54, 1.807) is 59.7 Å². The maximum Gasteiger partial charge on any atom is 0.408 e. The molecule has 0 heterocycles. The van der Waals surface area contributed by atoms with Crippen molar-refractivity contribution in [1.82, 2.24) is 15.5 Å². The number of alkyl carbamates (subject to hydrolysis) is 1. The molecule has 0 aliphatic carbocycles. The van der Waals surface area contributed by atoms with Gasteiger partial charge in [-0.05, 0) is 59.6 Å². The number of ether oxygens (including phenoxy) is 2. The monoisotopic (exact) mass is 564 g/mol. The second kappa shape index (κ2) is 14.3. The lowest BCUT2D eigenvalue weighted by molar-refractivity contribution is -0.159. The lowest BCUT2D eigenvalue weighted by atomic mass is 10.00. The van der Waals surface area contributed by atoms with Crippen molar-refractivity contribution >= 4 is 23.9 Å². The summed E-state index contributed by atoms with van der Waals surface area (Å²) in [6.45, 7) is 11.1. The van der Waals surface area contributed by atoms with E-state index >= 15 is 0 Å². The molecule has 0 aliphatic heterocycles. The second-order valence-electron chi connectivity index (χ2n) is 11.6. The van der Waals surface area contributed by atoms with Crippen molar-refractivity contribution < 1.29 is 28.7 Å². The van der Waals surface area contributed by atoms with Crippen LogP contribution in [0, 0.1) is 18.3 Å². The van der Waals surface area contributed by atoms with Gasteiger partial charge < -0.3 is 25.0 Å². The molecule has 2 N–H and O–H groups in total. The van der Waals surface area contributed by atoms with Crippen molar-refractivity contribution in [2.45, 2.75) is 78.2 Å². The minimum atomic E-state index is -1.27. The van der Waals surface area contributed by atoms with Crippen LogP contribution in [-0.4, -0.2) is 59.1 Å². The molecule has 2 aromatic rings. The molecule has 2 aromatic carbocycles. The molecular formula is C31H40N4O6. The van der Waals surface area contributed by atoms with E-state index in [0.717, 1.165) is 16.0 Å². The Hall–Kier alpha value is -4.39. The summed E-state index contributed by atoms with van der Waals surface area (Å²) >= 11 is 0. The molecule has 0 spiro atoms. The zero-order valence-corrected chi connectivity index (χ0v) is 24.8. The van der Waals surface area contributed by atoms with Gasteiger partial charge in [-0.25, -0.2) is 9.59 Å².